The van der Waals surface area contributed by atoms with E-state index in [0.717, 1.165) is 4.88 Å². The van der Waals surface area contributed by atoms with Gasteiger partial charge in [0.2, 0.25) is 15.9 Å². The van der Waals surface area contributed by atoms with Crippen LogP contribution >= 0.6 is 23.7 Å². The zero-order valence-corrected chi connectivity index (χ0v) is 16.2. The predicted molar refractivity (Wildman–Crippen MR) is 96.9 cm³/mol. The van der Waals surface area contributed by atoms with Gasteiger partial charge in [0, 0.05) is 30.9 Å². The second-order valence-electron chi connectivity index (χ2n) is 5.42. The zero-order valence-electron chi connectivity index (χ0n) is 13.7. The molecule has 0 unspecified atom stereocenters. The molecule has 0 fully saturated rings. The number of nitrogens with one attached hydrogen (secondary N) is 3. The monoisotopic (exact) mass is 383 g/mol. The molecule has 0 spiro atoms. The van der Waals surface area contributed by atoms with Crippen molar-refractivity contribution >= 4 is 39.7 Å². The Hall–Kier alpha value is -0.670. The first-order chi connectivity index (χ1) is 10.3. The Balaban J connectivity index is 0.00000484. The maximum Gasteiger partial charge on any atom is 0.250 e. The van der Waals surface area contributed by atoms with Crippen molar-refractivity contribution in [3.05, 3.63) is 17.0 Å². The molecule has 1 aromatic rings. The van der Waals surface area contributed by atoms with Crippen LogP contribution in [0.15, 0.2) is 16.3 Å². The van der Waals surface area contributed by atoms with Crippen LogP contribution in [0.2, 0.25) is 0 Å². The molecule has 0 radical (unpaired) electrons. The summed E-state index contributed by atoms with van der Waals surface area (Å²) >= 11 is 1.24. The van der Waals surface area contributed by atoms with Gasteiger partial charge in [-0.25, -0.2) is 13.1 Å². The highest BCUT2D eigenvalue weighted by atomic mass is 35.5. The minimum atomic E-state index is -3.43. The smallest absolute Gasteiger partial charge is 0.250 e. The van der Waals surface area contributed by atoms with E-state index in [4.69, 9.17) is 0 Å². The first-order valence-electron chi connectivity index (χ1n) is 7.35. The van der Waals surface area contributed by atoms with E-state index in [2.05, 4.69) is 15.4 Å². The summed E-state index contributed by atoms with van der Waals surface area (Å²) in [4.78, 5) is 12.5. The van der Waals surface area contributed by atoms with Gasteiger partial charge in [-0.3, -0.25) is 4.79 Å². The van der Waals surface area contributed by atoms with E-state index < -0.39 is 10.0 Å². The molecule has 1 amide bonds. The minimum Gasteiger partial charge on any atom is -0.356 e. The van der Waals surface area contributed by atoms with Gasteiger partial charge >= 0.3 is 0 Å². The van der Waals surface area contributed by atoms with E-state index in [1.165, 1.54) is 11.3 Å². The molecule has 0 aliphatic carbocycles. The van der Waals surface area contributed by atoms with Gasteiger partial charge in [0.15, 0.2) is 0 Å². The molecule has 1 aromatic heterocycles. The maximum atomic E-state index is 12.0. The number of rotatable bonds is 10. The van der Waals surface area contributed by atoms with Crippen LogP contribution in [0.25, 0.3) is 0 Å². The number of carbonyl (C=O) groups is 1. The molecule has 6 nitrogen and oxygen atoms in total. The van der Waals surface area contributed by atoms with Gasteiger partial charge in [0.05, 0.1) is 0 Å². The Labute approximate surface area is 148 Å². The number of halogens is 1. The van der Waals surface area contributed by atoms with Crippen molar-refractivity contribution in [1.82, 2.24) is 15.4 Å². The number of hydrogen-bond donors (Lipinski definition) is 3. The van der Waals surface area contributed by atoms with Crippen LogP contribution in [0, 0.1) is 5.92 Å². The summed E-state index contributed by atoms with van der Waals surface area (Å²) in [5.41, 5.74) is 0. The fourth-order valence-electron chi connectivity index (χ4n) is 1.79. The quantitative estimate of drug-likeness (QED) is 0.532. The molecule has 9 heteroatoms. The lowest BCUT2D eigenvalue weighted by Gasteiger charge is -2.06. The summed E-state index contributed by atoms with van der Waals surface area (Å²) in [7, 11) is -1.66. The van der Waals surface area contributed by atoms with Gasteiger partial charge in [-0.15, -0.1) is 23.7 Å². The van der Waals surface area contributed by atoms with Crippen LogP contribution in [0.5, 0.6) is 0 Å². The van der Waals surface area contributed by atoms with Gasteiger partial charge < -0.3 is 10.6 Å². The van der Waals surface area contributed by atoms with Gasteiger partial charge in [-0.1, -0.05) is 13.8 Å². The fourth-order valence-corrected chi connectivity index (χ4v) is 4.22. The molecule has 134 valence electrons. The summed E-state index contributed by atoms with van der Waals surface area (Å²) in [6.07, 6.45) is 1.15. The number of thiophene rings is 1. The molecule has 0 bridgehead atoms. The molecule has 0 aliphatic rings. The van der Waals surface area contributed by atoms with Crippen LogP contribution in [0.1, 0.15) is 25.1 Å². The molecule has 3 N–H and O–H groups in total. The highest BCUT2D eigenvalue weighted by molar-refractivity contribution is 7.91. The normalized spacial score (nSPS) is 11.3. The van der Waals surface area contributed by atoms with Crippen LogP contribution in [0.4, 0.5) is 0 Å². The van der Waals surface area contributed by atoms with Crippen molar-refractivity contribution in [2.75, 3.05) is 26.7 Å². The van der Waals surface area contributed by atoms with Crippen molar-refractivity contribution in [3.8, 4) is 0 Å². The standard InChI is InChI=1S/C14H25N3O3S2.ClH/c1-11(2)10-13(18)16-7-6-12-4-5-14(21-12)22(19,20)17-9-8-15-3;/h4-5,11,15,17H,6-10H2,1-3H3,(H,16,18);1H. The topological polar surface area (TPSA) is 87.3 Å². The van der Waals surface area contributed by atoms with Crippen molar-refractivity contribution < 1.29 is 13.2 Å². The average Bonchev–Trinajstić information content (AvgIpc) is 2.87. The largest absolute Gasteiger partial charge is 0.356 e. The number of carbonyl (C=O) groups excluding carboxylic acids is 1. The second-order valence-corrected chi connectivity index (χ2v) is 8.58. The van der Waals surface area contributed by atoms with E-state index in [-0.39, 0.29) is 18.3 Å². The lowest BCUT2D eigenvalue weighted by molar-refractivity contribution is -0.121. The molecule has 0 aliphatic heterocycles. The first-order valence-corrected chi connectivity index (χ1v) is 9.65. The van der Waals surface area contributed by atoms with Crippen molar-refractivity contribution in [2.45, 2.75) is 30.9 Å². The summed E-state index contributed by atoms with van der Waals surface area (Å²) in [6.45, 7) is 5.46. The second kappa shape index (κ2) is 11.0. The van der Waals surface area contributed by atoms with Gasteiger partial charge in [0.1, 0.15) is 4.21 Å². The minimum absolute atomic E-state index is 0. The lowest BCUT2D eigenvalue weighted by atomic mass is 10.1. The van der Waals surface area contributed by atoms with Crippen molar-refractivity contribution in [1.29, 1.82) is 0 Å². The zero-order chi connectivity index (χ0) is 16.6. The SMILES string of the molecule is CNCCNS(=O)(=O)c1ccc(CCNC(=O)CC(C)C)s1.Cl. The van der Waals surface area contributed by atoms with E-state index in [9.17, 15) is 13.2 Å². The van der Waals surface area contributed by atoms with Crippen LogP contribution in [-0.4, -0.2) is 41.0 Å². The van der Waals surface area contributed by atoms with E-state index in [0.29, 0.717) is 42.6 Å². The Kier molecular flexibility index (Phi) is 10.7. The highest BCUT2D eigenvalue weighted by Gasteiger charge is 2.16. The third-order valence-corrected chi connectivity index (χ3v) is 5.95. The fraction of sp³-hybridized carbons (Fsp3) is 0.643. The Morgan fingerprint density at radius 3 is 2.52 bits per heavy atom. The average molecular weight is 384 g/mol. The molecule has 0 atom stereocenters. The number of likely N-dealkylation sites (N-methyl/N-ethyl adjacent to an activating group) is 1. The summed E-state index contributed by atoms with van der Waals surface area (Å²) in [6, 6.07) is 3.41. The number of hydrogen-bond acceptors (Lipinski definition) is 5. The molecular formula is C14H26ClN3O3S2. The molecule has 1 rings (SSSR count). The molecule has 1 heterocycles. The summed E-state index contributed by atoms with van der Waals surface area (Å²) in [5, 5.41) is 5.73. The molecule has 0 saturated carbocycles. The van der Waals surface area contributed by atoms with Crippen LogP contribution in [-0.2, 0) is 21.2 Å². The summed E-state index contributed by atoms with van der Waals surface area (Å²) in [5.74, 6) is 0.371. The van der Waals surface area contributed by atoms with E-state index in [1.54, 1.807) is 19.2 Å². The molecule has 23 heavy (non-hydrogen) atoms. The van der Waals surface area contributed by atoms with Crippen LogP contribution in [0.3, 0.4) is 0 Å². The Morgan fingerprint density at radius 1 is 1.22 bits per heavy atom. The predicted octanol–water partition coefficient (Wildman–Crippen LogP) is 1.37. The lowest BCUT2D eigenvalue weighted by Crippen LogP contribution is -2.30. The Bertz CT molecular complexity index is 574. The first kappa shape index (κ1) is 22.3. The van der Waals surface area contributed by atoms with Crippen molar-refractivity contribution in [2.24, 2.45) is 5.92 Å². The van der Waals surface area contributed by atoms with Gasteiger partial charge in [-0.2, -0.15) is 0 Å². The number of amides is 1. The number of sulfonamides is 1. The molecule has 0 saturated heterocycles. The molecule has 0 aromatic carbocycles. The van der Waals surface area contributed by atoms with Gasteiger partial charge in [0.25, 0.3) is 0 Å². The van der Waals surface area contributed by atoms with Crippen molar-refractivity contribution in [3.63, 3.8) is 0 Å². The van der Waals surface area contributed by atoms with E-state index >= 15 is 0 Å². The highest BCUT2D eigenvalue weighted by Crippen LogP contribution is 2.21. The third-order valence-electron chi connectivity index (χ3n) is 2.86. The summed E-state index contributed by atoms with van der Waals surface area (Å²) < 4.78 is 26.9. The Morgan fingerprint density at radius 2 is 1.91 bits per heavy atom. The third kappa shape index (κ3) is 8.66. The van der Waals surface area contributed by atoms with E-state index in [1.807, 2.05) is 13.8 Å². The molecular weight excluding hydrogens is 358 g/mol. The maximum absolute atomic E-state index is 12.0. The van der Waals surface area contributed by atoms with Crippen LogP contribution < -0.4 is 15.4 Å². The van der Waals surface area contributed by atoms with Gasteiger partial charge in [-0.05, 0) is 31.5 Å².